The van der Waals surface area contributed by atoms with Gasteiger partial charge in [0.2, 0.25) is 11.8 Å². The summed E-state index contributed by atoms with van der Waals surface area (Å²) in [7, 11) is 0. The highest BCUT2D eigenvalue weighted by Crippen LogP contribution is 2.19. The molecule has 2 N–H and O–H groups in total. The van der Waals surface area contributed by atoms with Crippen molar-refractivity contribution in [3.05, 3.63) is 30.2 Å². The zero-order valence-electron chi connectivity index (χ0n) is 12.3. The van der Waals surface area contributed by atoms with Crippen molar-refractivity contribution in [2.75, 3.05) is 13.1 Å². The first-order chi connectivity index (χ1) is 10.6. The molecule has 6 heteroatoms. The largest absolute Gasteiger partial charge is 0.441 e. The van der Waals surface area contributed by atoms with Gasteiger partial charge in [0.1, 0.15) is 5.52 Å². The topological polar surface area (TPSA) is 89.4 Å². The lowest BCUT2D eigenvalue weighted by Gasteiger charge is -2.15. The van der Waals surface area contributed by atoms with Crippen LogP contribution < -0.4 is 5.73 Å². The Morgan fingerprint density at radius 3 is 2.91 bits per heavy atom. The molecule has 116 valence electrons. The molecule has 0 saturated carbocycles. The molecule has 2 aromatic rings. The van der Waals surface area contributed by atoms with Crippen LogP contribution in [0.1, 0.15) is 25.2 Å². The molecule has 1 saturated heterocycles. The quantitative estimate of drug-likeness (QED) is 0.906. The maximum Gasteiger partial charge on any atom is 0.222 e. The molecule has 1 unspecified atom stereocenters. The van der Waals surface area contributed by atoms with E-state index in [1.54, 1.807) is 4.90 Å². The van der Waals surface area contributed by atoms with Gasteiger partial charge in [-0.3, -0.25) is 9.59 Å². The van der Waals surface area contributed by atoms with Gasteiger partial charge >= 0.3 is 0 Å². The fourth-order valence-electron chi connectivity index (χ4n) is 2.79. The monoisotopic (exact) mass is 301 g/mol. The Labute approximate surface area is 128 Å². The molecule has 1 aromatic heterocycles. The molecule has 0 spiro atoms. The lowest BCUT2D eigenvalue weighted by Crippen LogP contribution is -2.31. The molecule has 0 aliphatic carbocycles. The van der Waals surface area contributed by atoms with E-state index in [2.05, 4.69) is 4.98 Å². The Kier molecular flexibility index (Phi) is 4.09. The smallest absolute Gasteiger partial charge is 0.222 e. The number of hydrogen-bond donors (Lipinski definition) is 1. The number of primary amides is 1. The van der Waals surface area contributed by atoms with E-state index in [1.807, 2.05) is 24.3 Å². The van der Waals surface area contributed by atoms with Crippen molar-refractivity contribution in [1.82, 2.24) is 9.88 Å². The van der Waals surface area contributed by atoms with Gasteiger partial charge in [-0.05, 0) is 25.0 Å². The third-order valence-electron chi connectivity index (χ3n) is 4.06. The summed E-state index contributed by atoms with van der Waals surface area (Å²) in [5.41, 5.74) is 6.89. The van der Waals surface area contributed by atoms with Crippen molar-refractivity contribution in [1.29, 1.82) is 0 Å². The van der Waals surface area contributed by atoms with Gasteiger partial charge in [0.25, 0.3) is 0 Å². The highest BCUT2D eigenvalue weighted by Gasteiger charge is 2.29. The Bertz CT molecular complexity index is 662. The van der Waals surface area contributed by atoms with Crippen LogP contribution in [0, 0.1) is 5.92 Å². The SMILES string of the molecule is NC(=O)C1CCN(C(=O)CCCc2nc3ccccc3o2)C1. The average molecular weight is 301 g/mol. The molecule has 3 rings (SSSR count). The zero-order valence-corrected chi connectivity index (χ0v) is 12.3. The van der Waals surface area contributed by atoms with Gasteiger partial charge in [0, 0.05) is 25.9 Å². The van der Waals surface area contributed by atoms with Crippen molar-refractivity contribution in [2.45, 2.75) is 25.7 Å². The molecule has 22 heavy (non-hydrogen) atoms. The van der Waals surface area contributed by atoms with Crippen LogP contribution in [-0.4, -0.2) is 34.8 Å². The van der Waals surface area contributed by atoms with Crippen LogP contribution in [0.2, 0.25) is 0 Å². The summed E-state index contributed by atoms with van der Waals surface area (Å²) >= 11 is 0. The summed E-state index contributed by atoms with van der Waals surface area (Å²) in [6.07, 6.45) is 2.42. The number of likely N-dealkylation sites (tertiary alicyclic amines) is 1. The van der Waals surface area contributed by atoms with E-state index >= 15 is 0 Å². The molecular formula is C16H19N3O3. The van der Waals surface area contributed by atoms with Crippen molar-refractivity contribution in [3.63, 3.8) is 0 Å². The number of hydrogen-bond acceptors (Lipinski definition) is 4. The van der Waals surface area contributed by atoms with Crippen LogP contribution in [0.15, 0.2) is 28.7 Å². The van der Waals surface area contributed by atoms with Crippen LogP contribution in [0.4, 0.5) is 0 Å². The van der Waals surface area contributed by atoms with Crippen molar-refractivity contribution < 1.29 is 14.0 Å². The van der Waals surface area contributed by atoms with Gasteiger partial charge in [0.05, 0.1) is 5.92 Å². The number of aromatic nitrogens is 1. The van der Waals surface area contributed by atoms with E-state index < -0.39 is 0 Å². The van der Waals surface area contributed by atoms with Crippen molar-refractivity contribution in [2.24, 2.45) is 11.7 Å². The molecule has 2 heterocycles. The number of carbonyl (C=O) groups excluding carboxylic acids is 2. The van der Waals surface area contributed by atoms with E-state index in [-0.39, 0.29) is 17.7 Å². The Balaban J connectivity index is 1.48. The highest BCUT2D eigenvalue weighted by molar-refractivity contribution is 5.81. The minimum Gasteiger partial charge on any atom is -0.441 e. The minimum absolute atomic E-state index is 0.0693. The van der Waals surface area contributed by atoms with Crippen LogP contribution >= 0.6 is 0 Å². The second kappa shape index (κ2) is 6.17. The van der Waals surface area contributed by atoms with Crippen LogP contribution in [0.5, 0.6) is 0 Å². The molecule has 0 bridgehead atoms. The molecule has 1 aromatic carbocycles. The molecule has 1 aliphatic heterocycles. The van der Waals surface area contributed by atoms with Crippen molar-refractivity contribution >= 4 is 22.9 Å². The first kappa shape index (κ1) is 14.6. The van der Waals surface area contributed by atoms with Gasteiger partial charge in [0.15, 0.2) is 11.5 Å². The van der Waals surface area contributed by atoms with Gasteiger partial charge in [-0.2, -0.15) is 0 Å². The van der Waals surface area contributed by atoms with Crippen LogP contribution in [0.25, 0.3) is 11.1 Å². The first-order valence-electron chi connectivity index (χ1n) is 7.55. The van der Waals surface area contributed by atoms with Gasteiger partial charge in [-0.15, -0.1) is 0 Å². The second-order valence-electron chi connectivity index (χ2n) is 5.66. The van der Waals surface area contributed by atoms with E-state index in [0.29, 0.717) is 44.7 Å². The number of rotatable bonds is 5. The summed E-state index contributed by atoms with van der Waals surface area (Å²) in [5, 5.41) is 0. The maximum absolute atomic E-state index is 12.1. The average Bonchev–Trinajstić information content (AvgIpc) is 3.13. The summed E-state index contributed by atoms with van der Waals surface area (Å²) in [4.78, 5) is 29.3. The van der Waals surface area contributed by atoms with Crippen molar-refractivity contribution in [3.8, 4) is 0 Å². The molecule has 0 radical (unpaired) electrons. The van der Waals surface area contributed by atoms with Crippen LogP contribution in [-0.2, 0) is 16.0 Å². The van der Waals surface area contributed by atoms with Gasteiger partial charge < -0.3 is 15.1 Å². The molecule has 1 fully saturated rings. The summed E-state index contributed by atoms with van der Waals surface area (Å²) < 4.78 is 5.63. The van der Waals surface area contributed by atoms with Gasteiger partial charge in [-0.25, -0.2) is 4.98 Å². The Morgan fingerprint density at radius 1 is 1.36 bits per heavy atom. The molecular weight excluding hydrogens is 282 g/mol. The molecule has 1 aliphatic rings. The second-order valence-corrected chi connectivity index (χ2v) is 5.66. The molecule has 6 nitrogen and oxygen atoms in total. The van der Waals surface area contributed by atoms with E-state index in [1.165, 1.54) is 0 Å². The highest BCUT2D eigenvalue weighted by atomic mass is 16.3. The van der Waals surface area contributed by atoms with Gasteiger partial charge in [-0.1, -0.05) is 12.1 Å². The number of benzene rings is 1. The number of amides is 2. The lowest BCUT2D eigenvalue weighted by molar-refractivity contribution is -0.130. The third kappa shape index (κ3) is 3.10. The van der Waals surface area contributed by atoms with E-state index in [4.69, 9.17) is 10.2 Å². The minimum atomic E-state index is -0.318. The molecule has 2 amide bonds. The van der Waals surface area contributed by atoms with Crippen LogP contribution in [0.3, 0.4) is 0 Å². The Hall–Kier alpha value is -2.37. The zero-order chi connectivity index (χ0) is 15.5. The number of para-hydroxylation sites is 2. The number of nitrogens with two attached hydrogens (primary N) is 1. The van der Waals surface area contributed by atoms with E-state index in [0.717, 1.165) is 11.1 Å². The molecule has 1 atom stereocenters. The third-order valence-corrected chi connectivity index (χ3v) is 4.06. The summed E-state index contributed by atoms with van der Waals surface area (Å²) in [5.74, 6) is 0.216. The maximum atomic E-state index is 12.1. The predicted octanol–water partition coefficient (Wildman–Crippen LogP) is 1.48. The number of carbonyl (C=O) groups is 2. The number of fused-ring (bicyclic) bond motifs is 1. The summed E-state index contributed by atoms with van der Waals surface area (Å²) in [6.45, 7) is 1.08. The van der Waals surface area contributed by atoms with E-state index in [9.17, 15) is 9.59 Å². The number of oxazole rings is 1. The lowest BCUT2D eigenvalue weighted by atomic mass is 10.1. The number of aryl methyl sites for hydroxylation is 1. The first-order valence-corrected chi connectivity index (χ1v) is 7.55. The normalized spacial score (nSPS) is 18.0. The Morgan fingerprint density at radius 2 is 2.18 bits per heavy atom. The summed E-state index contributed by atoms with van der Waals surface area (Å²) in [6, 6.07) is 7.61. The fourth-order valence-corrected chi connectivity index (χ4v) is 2.79. The fraction of sp³-hybridized carbons (Fsp3) is 0.438. The number of nitrogens with zero attached hydrogens (tertiary/aromatic N) is 2. The predicted molar refractivity (Wildman–Crippen MR) is 80.8 cm³/mol. The standard InChI is InChI=1S/C16H19N3O3/c17-16(21)11-8-9-19(10-11)15(20)7-3-6-14-18-12-4-1-2-5-13(12)22-14/h1-2,4-5,11H,3,6-10H2,(H2,17,21).